The smallest absolute Gasteiger partial charge is 0.193 e. The van der Waals surface area contributed by atoms with Crippen LogP contribution in [0, 0.1) is 13.8 Å². The van der Waals surface area contributed by atoms with Crippen molar-refractivity contribution in [1.29, 1.82) is 0 Å². The fourth-order valence-corrected chi connectivity index (χ4v) is 8.69. The first-order valence-corrected chi connectivity index (χ1v) is 20.2. The summed E-state index contributed by atoms with van der Waals surface area (Å²) in [4.78, 5) is 38.4. The molecule has 0 fully saturated rings. The molecule has 0 N–H and O–H groups in total. The Morgan fingerprint density at radius 1 is 0.333 bits per heavy atom. The van der Waals surface area contributed by atoms with Crippen molar-refractivity contribution in [3.05, 3.63) is 228 Å². The van der Waals surface area contributed by atoms with Gasteiger partial charge >= 0.3 is 0 Å². The topological polar surface area (TPSA) is 59.9 Å². The molecule has 0 aliphatic rings. The summed E-state index contributed by atoms with van der Waals surface area (Å²) in [6, 6.07) is 64.0. The van der Waals surface area contributed by atoms with Gasteiger partial charge in [-0.05, 0) is 59.4 Å². The highest BCUT2D eigenvalue weighted by molar-refractivity contribution is 6.21. The predicted octanol–water partition coefficient (Wildman–Crippen LogP) is 13.7. The second-order valence-electron chi connectivity index (χ2n) is 15.2. The minimum atomic E-state index is -0.0185. The molecule has 0 unspecified atom stereocenters. The second kappa shape index (κ2) is 15.2. The molecule has 2 heterocycles. The number of hydrogen-bond acceptors (Lipinski definition) is 4. The van der Waals surface area contributed by atoms with Crippen LogP contribution in [0.15, 0.2) is 194 Å². The van der Waals surface area contributed by atoms with E-state index in [1.807, 2.05) is 133 Å². The Morgan fingerprint density at radius 2 is 0.650 bits per heavy atom. The van der Waals surface area contributed by atoms with Gasteiger partial charge in [-0.15, -0.1) is 0 Å². The summed E-state index contributed by atoms with van der Waals surface area (Å²) in [6.07, 6.45) is 0. The Hall–Kier alpha value is -7.82. The average molecular weight is 771 g/mol. The van der Waals surface area contributed by atoms with Gasteiger partial charge in [-0.2, -0.15) is 0 Å². The van der Waals surface area contributed by atoms with Crippen LogP contribution in [0.1, 0.15) is 43.0 Å². The van der Waals surface area contributed by atoms with Gasteiger partial charge in [0.05, 0.1) is 22.4 Å². The van der Waals surface area contributed by atoms with E-state index in [4.69, 9.17) is 9.97 Å². The zero-order valence-electron chi connectivity index (χ0n) is 33.2. The maximum atomic E-state index is 13.7. The van der Waals surface area contributed by atoms with Gasteiger partial charge in [-0.3, -0.25) is 9.59 Å². The van der Waals surface area contributed by atoms with Gasteiger partial charge < -0.3 is 0 Å². The third-order valence-corrected chi connectivity index (χ3v) is 11.6. The van der Waals surface area contributed by atoms with Crippen molar-refractivity contribution in [1.82, 2.24) is 9.97 Å². The number of nitrogens with zero attached hydrogens (tertiary/aromatic N) is 2. The van der Waals surface area contributed by atoms with Crippen LogP contribution in [-0.2, 0) is 0 Å². The number of carbonyl (C=O) groups excluding carboxylic acids is 2. The maximum absolute atomic E-state index is 13.7. The molecular formula is C56H38N2O2. The molecule has 0 atom stereocenters. The summed E-state index contributed by atoms with van der Waals surface area (Å²) in [5.41, 5.74) is 14.1. The van der Waals surface area contributed by atoms with Crippen molar-refractivity contribution in [2.45, 2.75) is 13.8 Å². The van der Waals surface area contributed by atoms with Crippen molar-refractivity contribution < 1.29 is 9.59 Å². The van der Waals surface area contributed by atoms with Crippen molar-refractivity contribution in [3.63, 3.8) is 0 Å². The highest BCUT2D eigenvalue weighted by Crippen LogP contribution is 2.43. The van der Waals surface area contributed by atoms with E-state index in [1.54, 1.807) is 0 Å². The lowest BCUT2D eigenvalue weighted by atomic mass is 9.88. The summed E-state index contributed by atoms with van der Waals surface area (Å²) in [5.74, 6) is -0.0370. The number of benzene rings is 8. The van der Waals surface area contributed by atoms with Crippen molar-refractivity contribution in [3.8, 4) is 44.8 Å². The van der Waals surface area contributed by atoms with Crippen LogP contribution in [-0.4, -0.2) is 21.5 Å². The lowest BCUT2D eigenvalue weighted by molar-refractivity contribution is 0.103. The average Bonchev–Trinajstić information content (AvgIpc) is 3.31. The number of carbonyl (C=O) groups is 2. The van der Waals surface area contributed by atoms with E-state index in [9.17, 15) is 9.59 Å². The predicted molar refractivity (Wildman–Crippen MR) is 246 cm³/mol. The van der Waals surface area contributed by atoms with Crippen molar-refractivity contribution in [2.75, 3.05) is 0 Å². The molecule has 0 amide bonds. The third-order valence-electron chi connectivity index (χ3n) is 11.6. The molecular weight excluding hydrogens is 733 g/mol. The van der Waals surface area contributed by atoms with Crippen LogP contribution < -0.4 is 0 Å². The fourth-order valence-electron chi connectivity index (χ4n) is 8.69. The van der Waals surface area contributed by atoms with Crippen LogP contribution in [0.25, 0.3) is 77.3 Å². The SMILES string of the molecule is Cc1c(-c2ccccc2)nc2c(ccc3c2ccc2c(-c4cccc(C(=O)c5ccccc5)c4)c(C)c(-c4ccccc4)nc23)c1-c1cccc(C(=O)c2ccccc2)c1. The molecule has 0 aliphatic heterocycles. The summed E-state index contributed by atoms with van der Waals surface area (Å²) in [6.45, 7) is 4.25. The molecule has 10 aromatic rings. The van der Waals surface area contributed by atoms with E-state index in [0.717, 1.165) is 88.5 Å². The number of aromatic nitrogens is 2. The highest BCUT2D eigenvalue weighted by Gasteiger charge is 2.22. The summed E-state index contributed by atoms with van der Waals surface area (Å²) in [5, 5.41) is 3.94. The molecule has 0 aliphatic carbocycles. The van der Waals surface area contributed by atoms with E-state index in [1.165, 1.54) is 0 Å². The lowest BCUT2D eigenvalue weighted by Gasteiger charge is -2.19. The van der Waals surface area contributed by atoms with E-state index in [0.29, 0.717) is 22.3 Å². The first kappa shape index (κ1) is 36.5. The second-order valence-corrected chi connectivity index (χ2v) is 15.2. The van der Waals surface area contributed by atoms with Gasteiger partial charge in [-0.1, -0.05) is 182 Å². The maximum Gasteiger partial charge on any atom is 0.193 e. The number of rotatable bonds is 8. The minimum absolute atomic E-state index is 0.0185. The van der Waals surface area contributed by atoms with E-state index >= 15 is 0 Å². The van der Waals surface area contributed by atoms with Crippen LogP contribution in [0.2, 0.25) is 0 Å². The Kier molecular flexibility index (Phi) is 9.23. The quantitative estimate of drug-likeness (QED) is 0.114. The number of ketones is 2. The Bertz CT molecular complexity index is 3060. The molecule has 284 valence electrons. The van der Waals surface area contributed by atoms with Crippen molar-refractivity contribution >= 4 is 44.1 Å². The van der Waals surface area contributed by atoms with E-state index in [2.05, 4.69) is 74.5 Å². The van der Waals surface area contributed by atoms with Gasteiger partial charge in [-0.25, -0.2) is 9.97 Å². The molecule has 0 radical (unpaired) electrons. The highest BCUT2D eigenvalue weighted by atomic mass is 16.1. The number of hydrogen-bond donors (Lipinski definition) is 0. The van der Waals surface area contributed by atoms with E-state index < -0.39 is 0 Å². The molecule has 8 aromatic carbocycles. The number of fused-ring (bicyclic) bond motifs is 5. The third kappa shape index (κ3) is 6.36. The normalized spacial score (nSPS) is 11.3. The van der Waals surface area contributed by atoms with Gasteiger partial charge in [0.15, 0.2) is 11.6 Å². The van der Waals surface area contributed by atoms with E-state index in [-0.39, 0.29) is 11.6 Å². The zero-order chi connectivity index (χ0) is 40.7. The molecule has 0 spiro atoms. The molecule has 4 nitrogen and oxygen atoms in total. The Morgan fingerprint density at radius 3 is 1.03 bits per heavy atom. The summed E-state index contributed by atoms with van der Waals surface area (Å²) >= 11 is 0. The fraction of sp³-hybridized carbons (Fsp3) is 0.0357. The standard InChI is InChI=1S/C56H38N2O2/c1-35-49(41-25-15-27-43(33-41)55(59)39-21-11-5-12-22-39)47-31-29-46-45(53(47)57-51(35)37-17-7-3-8-18-37)30-32-48-50(36(2)52(58-54(46)48)38-19-9-4-10-20-38)42-26-16-28-44(34-42)56(60)40-23-13-6-14-24-40/h3-34H,1-2H3. The Labute approximate surface area is 348 Å². The minimum Gasteiger partial charge on any atom is -0.289 e. The molecule has 0 bridgehead atoms. The molecule has 0 saturated carbocycles. The van der Waals surface area contributed by atoms with Gasteiger partial charge in [0.2, 0.25) is 0 Å². The van der Waals surface area contributed by atoms with Crippen molar-refractivity contribution in [2.24, 2.45) is 0 Å². The first-order chi connectivity index (χ1) is 29.4. The van der Waals surface area contributed by atoms with Crippen LogP contribution in [0.3, 0.4) is 0 Å². The molecule has 4 heteroatoms. The molecule has 60 heavy (non-hydrogen) atoms. The monoisotopic (exact) mass is 770 g/mol. The van der Waals surface area contributed by atoms with Gasteiger partial charge in [0.25, 0.3) is 0 Å². The Balaban J connectivity index is 1.24. The van der Waals surface area contributed by atoms with Crippen LogP contribution >= 0.6 is 0 Å². The molecule has 2 aromatic heterocycles. The molecule has 10 rings (SSSR count). The van der Waals surface area contributed by atoms with Gasteiger partial charge in [0, 0.05) is 54.9 Å². The van der Waals surface area contributed by atoms with Crippen LogP contribution in [0.4, 0.5) is 0 Å². The molecule has 0 saturated heterocycles. The summed E-state index contributed by atoms with van der Waals surface area (Å²) < 4.78 is 0. The largest absolute Gasteiger partial charge is 0.289 e. The first-order valence-electron chi connectivity index (χ1n) is 20.2. The lowest BCUT2D eigenvalue weighted by Crippen LogP contribution is -2.02. The zero-order valence-corrected chi connectivity index (χ0v) is 33.2. The van der Waals surface area contributed by atoms with Crippen LogP contribution in [0.5, 0.6) is 0 Å². The number of pyridine rings is 2. The summed E-state index contributed by atoms with van der Waals surface area (Å²) in [7, 11) is 0. The van der Waals surface area contributed by atoms with Gasteiger partial charge in [0.1, 0.15) is 0 Å².